The molecule has 0 bridgehead atoms. The summed E-state index contributed by atoms with van der Waals surface area (Å²) in [6.45, 7) is 0. The van der Waals surface area contributed by atoms with Gasteiger partial charge in [-0.25, -0.2) is 0 Å². The molecule has 0 saturated carbocycles. The molecule has 3 rings (SSSR count). The molecule has 0 saturated heterocycles. The first kappa shape index (κ1) is 8.13. The van der Waals surface area contributed by atoms with Crippen LogP contribution in [-0.4, -0.2) is 0 Å². The summed E-state index contributed by atoms with van der Waals surface area (Å²) < 4.78 is 0. The van der Waals surface area contributed by atoms with Gasteiger partial charge < -0.3 is 0 Å². The van der Waals surface area contributed by atoms with Gasteiger partial charge in [0.2, 0.25) is 0 Å². The zero-order valence-corrected chi connectivity index (χ0v) is 8.50. The van der Waals surface area contributed by atoms with E-state index in [1.54, 1.807) is 0 Å². The summed E-state index contributed by atoms with van der Waals surface area (Å²) in [6.07, 6.45) is 8.95. The third-order valence-corrected chi connectivity index (χ3v) is 3.76. The summed E-state index contributed by atoms with van der Waals surface area (Å²) in [6, 6.07) is 10.6. The first-order chi connectivity index (χ1) is 6.93. The van der Waals surface area contributed by atoms with E-state index in [0.29, 0.717) is 5.92 Å². The highest BCUT2D eigenvalue weighted by molar-refractivity contribution is 8.12. The lowest BCUT2D eigenvalue weighted by Gasteiger charge is -2.00. The highest BCUT2D eigenvalue weighted by Crippen LogP contribution is 2.47. The molecule has 0 spiro atoms. The molecule has 2 aliphatic rings. The van der Waals surface area contributed by atoms with Crippen LogP contribution in [0.1, 0.15) is 5.56 Å². The van der Waals surface area contributed by atoms with Gasteiger partial charge in [0.1, 0.15) is 0 Å². The van der Waals surface area contributed by atoms with E-state index in [1.165, 1.54) is 15.4 Å². The highest BCUT2D eigenvalue weighted by Gasteiger charge is 2.22. The molecule has 0 radical (unpaired) electrons. The van der Waals surface area contributed by atoms with Crippen molar-refractivity contribution in [1.29, 1.82) is 0 Å². The van der Waals surface area contributed by atoms with Crippen LogP contribution < -0.4 is 0 Å². The van der Waals surface area contributed by atoms with E-state index >= 15 is 0 Å². The number of hydrogen-bond acceptors (Lipinski definition) is 1. The van der Waals surface area contributed by atoms with Crippen LogP contribution in [0.25, 0.3) is 4.91 Å². The third kappa shape index (κ3) is 1.25. The van der Waals surface area contributed by atoms with Crippen LogP contribution in [0.4, 0.5) is 0 Å². The molecule has 0 aromatic heterocycles. The molecule has 68 valence electrons. The Morgan fingerprint density at radius 3 is 2.71 bits per heavy atom. The average molecular weight is 198 g/mol. The monoisotopic (exact) mass is 198 g/mol. The van der Waals surface area contributed by atoms with Gasteiger partial charge in [-0.15, -0.1) is 0 Å². The Kier molecular flexibility index (Phi) is 1.84. The van der Waals surface area contributed by atoms with Gasteiger partial charge in [0, 0.05) is 15.7 Å². The van der Waals surface area contributed by atoms with Gasteiger partial charge in [0.05, 0.1) is 0 Å². The van der Waals surface area contributed by atoms with Crippen molar-refractivity contribution >= 4 is 16.7 Å². The molecule has 1 unspecified atom stereocenters. The molecule has 0 N–H and O–H groups in total. The fourth-order valence-electron chi connectivity index (χ4n) is 1.80. The SMILES string of the molecule is C1=CC2C=C(c3ccccc3)SC2=C1. The summed E-state index contributed by atoms with van der Waals surface area (Å²) >= 11 is 1.89. The molecule has 0 amide bonds. The van der Waals surface area contributed by atoms with Gasteiger partial charge in [0.25, 0.3) is 0 Å². The fourth-order valence-corrected chi connectivity index (χ4v) is 2.95. The first-order valence-corrected chi connectivity index (χ1v) is 5.58. The van der Waals surface area contributed by atoms with Gasteiger partial charge in [0.15, 0.2) is 0 Å². The second-order valence-corrected chi connectivity index (χ2v) is 4.59. The topological polar surface area (TPSA) is 0 Å². The van der Waals surface area contributed by atoms with Gasteiger partial charge in [-0.05, 0) is 5.56 Å². The zero-order chi connectivity index (χ0) is 9.38. The smallest absolute Gasteiger partial charge is 0.0279 e. The lowest BCUT2D eigenvalue weighted by Crippen LogP contribution is -1.81. The number of benzene rings is 1. The maximum atomic E-state index is 2.34. The molecule has 1 heterocycles. The molecular formula is C13H10S. The molecule has 1 aliphatic carbocycles. The van der Waals surface area contributed by atoms with E-state index in [1.807, 2.05) is 11.8 Å². The summed E-state index contributed by atoms with van der Waals surface area (Å²) in [5.74, 6) is 0.551. The minimum Gasteiger partial charge on any atom is -0.0933 e. The maximum Gasteiger partial charge on any atom is 0.0279 e. The van der Waals surface area contributed by atoms with Crippen molar-refractivity contribution in [3.63, 3.8) is 0 Å². The largest absolute Gasteiger partial charge is 0.0933 e. The van der Waals surface area contributed by atoms with Gasteiger partial charge in [-0.1, -0.05) is 66.4 Å². The minimum atomic E-state index is 0.551. The summed E-state index contributed by atoms with van der Waals surface area (Å²) in [5, 5.41) is 0. The number of thioether (sulfide) groups is 1. The van der Waals surface area contributed by atoms with E-state index in [9.17, 15) is 0 Å². The Balaban J connectivity index is 1.96. The van der Waals surface area contributed by atoms with Crippen LogP contribution in [0.3, 0.4) is 0 Å². The van der Waals surface area contributed by atoms with E-state index in [4.69, 9.17) is 0 Å². The number of hydrogen-bond donors (Lipinski definition) is 0. The minimum absolute atomic E-state index is 0.551. The summed E-state index contributed by atoms with van der Waals surface area (Å²) in [5.41, 5.74) is 1.33. The lowest BCUT2D eigenvalue weighted by atomic mass is 10.1. The Morgan fingerprint density at radius 1 is 1.07 bits per heavy atom. The second-order valence-electron chi connectivity index (χ2n) is 3.48. The van der Waals surface area contributed by atoms with Crippen LogP contribution in [0.2, 0.25) is 0 Å². The van der Waals surface area contributed by atoms with E-state index in [2.05, 4.69) is 54.6 Å². The van der Waals surface area contributed by atoms with E-state index in [-0.39, 0.29) is 0 Å². The molecule has 1 heteroatoms. The number of rotatable bonds is 1. The quantitative estimate of drug-likeness (QED) is 0.660. The molecule has 14 heavy (non-hydrogen) atoms. The van der Waals surface area contributed by atoms with Crippen molar-refractivity contribution in [2.75, 3.05) is 0 Å². The molecular weight excluding hydrogens is 188 g/mol. The summed E-state index contributed by atoms with van der Waals surface area (Å²) in [7, 11) is 0. The van der Waals surface area contributed by atoms with Crippen LogP contribution in [-0.2, 0) is 0 Å². The van der Waals surface area contributed by atoms with Gasteiger partial charge in [-0.2, -0.15) is 0 Å². The summed E-state index contributed by atoms with van der Waals surface area (Å²) in [4.78, 5) is 2.86. The van der Waals surface area contributed by atoms with E-state index in [0.717, 1.165) is 0 Å². The average Bonchev–Trinajstić information content (AvgIpc) is 2.78. The van der Waals surface area contributed by atoms with Crippen molar-refractivity contribution in [2.24, 2.45) is 5.92 Å². The fraction of sp³-hybridized carbons (Fsp3) is 0.0769. The predicted molar refractivity (Wildman–Crippen MR) is 62.7 cm³/mol. The Morgan fingerprint density at radius 2 is 1.93 bits per heavy atom. The van der Waals surface area contributed by atoms with Crippen LogP contribution in [0.5, 0.6) is 0 Å². The van der Waals surface area contributed by atoms with Gasteiger partial charge >= 0.3 is 0 Å². The molecule has 1 aromatic rings. The molecule has 0 fully saturated rings. The first-order valence-electron chi connectivity index (χ1n) is 4.77. The second kappa shape index (κ2) is 3.18. The molecule has 1 atom stereocenters. The third-order valence-electron chi connectivity index (χ3n) is 2.52. The number of fused-ring (bicyclic) bond motifs is 1. The van der Waals surface area contributed by atoms with Crippen LogP contribution >= 0.6 is 11.8 Å². The molecule has 0 nitrogen and oxygen atoms in total. The normalized spacial score (nSPS) is 23.3. The zero-order valence-electron chi connectivity index (χ0n) is 7.68. The van der Waals surface area contributed by atoms with Crippen molar-refractivity contribution in [3.8, 4) is 0 Å². The van der Waals surface area contributed by atoms with Crippen molar-refractivity contribution in [3.05, 3.63) is 65.1 Å². The van der Waals surface area contributed by atoms with Crippen molar-refractivity contribution in [1.82, 2.24) is 0 Å². The van der Waals surface area contributed by atoms with Crippen molar-refractivity contribution < 1.29 is 0 Å². The Hall–Kier alpha value is -1.21. The van der Waals surface area contributed by atoms with Crippen LogP contribution in [0, 0.1) is 5.92 Å². The van der Waals surface area contributed by atoms with Crippen LogP contribution in [0.15, 0.2) is 59.5 Å². The lowest BCUT2D eigenvalue weighted by molar-refractivity contribution is 1.09. The highest BCUT2D eigenvalue weighted by atomic mass is 32.2. The Labute approximate surface area is 88.0 Å². The molecule has 1 aliphatic heterocycles. The van der Waals surface area contributed by atoms with E-state index < -0.39 is 0 Å². The Bertz CT molecular complexity index is 438. The standard InChI is InChI=1S/C13H10S/c1-2-5-10(6-3-1)13-9-11-7-4-8-12(11)14-13/h1-9,11H. The predicted octanol–water partition coefficient (Wildman–Crippen LogP) is 3.84. The maximum absolute atomic E-state index is 2.34. The van der Waals surface area contributed by atoms with Gasteiger partial charge in [-0.3, -0.25) is 0 Å². The number of allylic oxidation sites excluding steroid dienone is 5. The van der Waals surface area contributed by atoms with Crippen molar-refractivity contribution in [2.45, 2.75) is 0 Å². The molecule has 1 aromatic carbocycles.